The first-order valence-electron chi connectivity index (χ1n) is 6.81. The maximum Gasteiger partial charge on any atom is 0.372 e. The van der Waals surface area contributed by atoms with Crippen molar-refractivity contribution in [2.75, 3.05) is 0 Å². The molecule has 1 saturated carbocycles. The second-order valence-electron chi connectivity index (χ2n) is 6.20. The molecular formula is C15H22O4. The second-order valence-corrected chi connectivity index (χ2v) is 6.20. The van der Waals surface area contributed by atoms with Gasteiger partial charge in [0, 0.05) is 5.56 Å². The number of ether oxygens (including phenoxy) is 1. The molecule has 19 heavy (non-hydrogen) atoms. The zero-order valence-corrected chi connectivity index (χ0v) is 11.9. The Bertz CT molecular complexity index is 449. The summed E-state index contributed by atoms with van der Waals surface area (Å²) in [6.45, 7) is 6.68. The summed E-state index contributed by atoms with van der Waals surface area (Å²) in [5.74, 6) is -0.411. The van der Waals surface area contributed by atoms with E-state index in [1.165, 1.54) is 12.8 Å². The zero-order valence-electron chi connectivity index (χ0n) is 11.9. The number of aryl methyl sites for hydroxylation is 1. The third-order valence-corrected chi connectivity index (χ3v) is 3.91. The van der Waals surface area contributed by atoms with Crippen molar-refractivity contribution in [1.29, 1.82) is 0 Å². The first-order chi connectivity index (χ1) is 8.87. The summed E-state index contributed by atoms with van der Waals surface area (Å²) in [7, 11) is 0. The molecule has 1 fully saturated rings. The van der Waals surface area contributed by atoms with Crippen LogP contribution in [0, 0.1) is 12.3 Å². The molecule has 1 aromatic heterocycles. The standard InChI is InChI=1S/C15H22O4/c1-10-8-12(19-13(10)14(16)17)9-18-11-4-6-15(2,3)7-5-11/h8,11H,4-7,9H2,1-3H3,(H,16,17). The summed E-state index contributed by atoms with van der Waals surface area (Å²) in [5, 5.41) is 8.92. The average molecular weight is 266 g/mol. The third kappa shape index (κ3) is 3.60. The SMILES string of the molecule is Cc1cc(COC2CCC(C)(C)CC2)oc1C(=O)O. The lowest BCUT2D eigenvalue weighted by molar-refractivity contribution is -0.0124. The van der Waals surface area contributed by atoms with Gasteiger partial charge in [-0.1, -0.05) is 13.8 Å². The van der Waals surface area contributed by atoms with Crippen molar-refractivity contribution >= 4 is 5.97 Å². The van der Waals surface area contributed by atoms with Crippen molar-refractivity contribution in [1.82, 2.24) is 0 Å². The van der Waals surface area contributed by atoms with Crippen molar-refractivity contribution in [3.8, 4) is 0 Å². The monoisotopic (exact) mass is 266 g/mol. The molecule has 0 saturated heterocycles. The molecule has 0 amide bonds. The summed E-state index contributed by atoms with van der Waals surface area (Å²) >= 11 is 0. The smallest absolute Gasteiger partial charge is 0.372 e. The van der Waals surface area contributed by atoms with Crippen LogP contribution in [-0.2, 0) is 11.3 Å². The molecule has 0 unspecified atom stereocenters. The minimum Gasteiger partial charge on any atom is -0.475 e. The fraction of sp³-hybridized carbons (Fsp3) is 0.667. The molecule has 0 aromatic carbocycles. The van der Waals surface area contributed by atoms with Gasteiger partial charge in [0.15, 0.2) is 0 Å². The van der Waals surface area contributed by atoms with E-state index in [9.17, 15) is 4.79 Å². The molecule has 106 valence electrons. The molecule has 1 N–H and O–H groups in total. The first-order valence-corrected chi connectivity index (χ1v) is 6.81. The van der Waals surface area contributed by atoms with E-state index in [0.29, 0.717) is 23.3 Å². The minimum absolute atomic E-state index is 0.0170. The van der Waals surface area contributed by atoms with Crippen LogP contribution in [0.2, 0.25) is 0 Å². The highest BCUT2D eigenvalue weighted by atomic mass is 16.5. The van der Waals surface area contributed by atoms with Crippen molar-refractivity contribution in [2.45, 2.75) is 59.2 Å². The highest BCUT2D eigenvalue weighted by molar-refractivity contribution is 5.86. The molecule has 0 radical (unpaired) electrons. The van der Waals surface area contributed by atoms with Gasteiger partial charge in [0.2, 0.25) is 5.76 Å². The summed E-state index contributed by atoms with van der Waals surface area (Å²) < 4.78 is 11.1. The summed E-state index contributed by atoms with van der Waals surface area (Å²) in [6.07, 6.45) is 4.76. The topological polar surface area (TPSA) is 59.7 Å². The minimum atomic E-state index is -1.02. The van der Waals surface area contributed by atoms with Gasteiger partial charge < -0.3 is 14.3 Å². The van der Waals surface area contributed by atoms with E-state index in [4.69, 9.17) is 14.3 Å². The van der Waals surface area contributed by atoms with Crippen LogP contribution in [-0.4, -0.2) is 17.2 Å². The van der Waals surface area contributed by atoms with Crippen LogP contribution in [0.25, 0.3) is 0 Å². The Kier molecular flexibility index (Phi) is 3.99. The molecule has 1 heterocycles. The molecule has 2 rings (SSSR count). The highest BCUT2D eigenvalue weighted by Gasteiger charge is 2.27. The Labute approximate surface area is 113 Å². The van der Waals surface area contributed by atoms with Gasteiger partial charge in [0.25, 0.3) is 0 Å². The summed E-state index contributed by atoms with van der Waals surface area (Å²) in [5.41, 5.74) is 1.08. The van der Waals surface area contributed by atoms with Gasteiger partial charge >= 0.3 is 5.97 Å². The van der Waals surface area contributed by atoms with Gasteiger partial charge in [0.05, 0.1) is 6.10 Å². The maximum atomic E-state index is 10.9. The van der Waals surface area contributed by atoms with Gasteiger partial charge in [0.1, 0.15) is 12.4 Å². The Morgan fingerprint density at radius 1 is 1.47 bits per heavy atom. The van der Waals surface area contributed by atoms with Crippen molar-refractivity contribution < 1.29 is 19.1 Å². The van der Waals surface area contributed by atoms with E-state index >= 15 is 0 Å². The number of hydrogen-bond donors (Lipinski definition) is 1. The lowest BCUT2D eigenvalue weighted by atomic mass is 9.76. The van der Waals surface area contributed by atoms with Gasteiger partial charge in [-0.2, -0.15) is 0 Å². The van der Waals surface area contributed by atoms with Crippen LogP contribution in [0.15, 0.2) is 10.5 Å². The second kappa shape index (κ2) is 5.37. The lowest BCUT2D eigenvalue weighted by Crippen LogP contribution is -2.26. The number of rotatable bonds is 4. The number of hydrogen-bond acceptors (Lipinski definition) is 3. The quantitative estimate of drug-likeness (QED) is 0.901. The molecule has 0 bridgehead atoms. The normalized spacial score (nSPS) is 19.5. The van der Waals surface area contributed by atoms with Crippen molar-refractivity contribution in [3.05, 3.63) is 23.2 Å². The largest absolute Gasteiger partial charge is 0.475 e. The van der Waals surface area contributed by atoms with E-state index < -0.39 is 5.97 Å². The van der Waals surface area contributed by atoms with Crippen molar-refractivity contribution in [3.63, 3.8) is 0 Å². The van der Waals surface area contributed by atoms with Crippen LogP contribution in [0.5, 0.6) is 0 Å². The Morgan fingerprint density at radius 3 is 2.63 bits per heavy atom. The molecule has 4 nitrogen and oxygen atoms in total. The van der Waals surface area contributed by atoms with Crippen molar-refractivity contribution in [2.24, 2.45) is 5.41 Å². The van der Waals surface area contributed by atoms with E-state index in [-0.39, 0.29) is 11.9 Å². The zero-order chi connectivity index (χ0) is 14.0. The van der Waals surface area contributed by atoms with Crippen LogP contribution in [0.3, 0.4) is 0 Å². The van der Waals surface area contributed by atoms with Gasteiger partial charge in [-0.05, 0) is 44.1 Å². The van der Waals surface area contributed by atoms with Gasteiger partial charge in [-0.15, -0.1) is 0 Å². The summed E-state index contributed by atoms with van der Waals surface area (Å²) in [4.78, 5) is 10.9. The Morgan fingerprint density at radius 2 is 2.11 bits per heavy atom. The predicted octanol–water partition coefficient (Wildman–Crippen LogP) is 3.77. The Hall–Kier alpha value is -1.29. The number of furan rings is 1. The van der Waals surface area contributed by atoms with Crippen LogP contribution in [0.4, 0.5) is 0 Å². The van der Waals surface area contributed by atoms with Crippen LogP contribution in [0.1, 0.15) is 61.4 Å². The fourth-order valence-corrected chi connectivity index (χ4v) is 2.57. The Balaban J connectivity index is 1.86. The average Bonchev–Trinajstić information content (AvgIpc) is 2.69. The third-order valence-electron chi connectivity index (χ3n) is 3.91. The van der Waals surface area contributed by atoms with E-state index in [1.54, 1.807) is 13.0 Å². The molecule has 1 aliphatic rings. The molecule has 0 spiro atoms. The number of carboxylic acid groups (broad SMARTS) is 1. The molecule has 1 aromatic rings. The van der Waals surface area contributed by atoms with E-state index in [0.717, 1.165) is 12.8 Å². The molecule has 4 heteroatoms. The molecule has 1 aliphatic carbocycles. The lowest BCUT2D eigenvalue weighted by Gasteiger charge is -2.33. The van der Waals surface area contributed by atoms with Gasteiger partial charge in [-0.25, -0.2) is 4.79 Å². The maximum absolute atomic E-state index is 10.9. The number of aromatic carboxylic acids is 1. The molecular weight excluding hydrogens is 244 g/mol. The molecule has 0 aliphatic heterocycles. The molecule has 0 atom stereocenters. The number of carbonyl (C=O) groups is 1. The predicted molar refractivity (Wildman–Crippen MR) is 71.2 cm³/mol. The summed E-state index contributed by atoms with van der Waals surface area (Å²) in [6, 6.07) is 1.75. The van der Waals surface area contributed by atoms with E-state index in [1.807, 2.05) is 0 Å². The van der Waals surface area contributed by atoms with Crippen LogP contribution < -0.4 is 0 Å². The van der Waals surface area contributed by atoms with Crippen LogP contribution >= 0.6 is 0 Å². The van der Waals surface area contributed by atoms with E-state index in [2.05, 4.69) is 13.8 Å². The number of carboxylic acids is 1. The fourth-order valence-electron chi connectivity index (χ4n) is 2.57. The highest BCUT2D eigenvalue weighted by Crippen LogP contribution is 2.36. The first kappa shape index (κ1) is 14.1. The van der Waals surface area contributed by atoms with Gasteiger partial charge in [-0.3, -0.25) is 0 Å².